The quantitative estimate of drug-likeness (QED) is 0.349. The van der Waals surface area contributed by atoms with Crippen LogP contribution in [-0.4, -0.2) is 10.8 Å². The van der Waals surface area contributed by atoms with E-state index in [1.807, 2.05) is 31.2 Å². The van der Waals surface area contributed by atoms with E-state index >= 15 is 0 Å². The lowest BCUT2D eigenvalue weighted by Crippen LogP contribution is -2.16. The molecule has 0 saturated heterocycles. The molecule has 0 aliphatic rings. The number of carbonyl (C=O) groups is 1. The van der Waals surface area contributed by atoms with Gasteiger partial charge in [-0.05, 0) is 24.6 Å². The van der Waals surface area contributed by atoms with Crippen LogP contribution in [0.5, 0.6) is 0 Å². The molecule has 8 heteroatoms. The number of hydrogen-bond acceptors (Lipinski definition) is 5. The Kier molecular flexibility index (Phi) is 6.31. The number of aryl methyl sites for hydroxylation is 1. The molecule has 7 nitrogen and oxygen atoms in total. The second-order valence-corrected chi connectivity index (χ2v) is 5.82. The molecule has 0 fully saturated rings. The Bertz CT molecular complexity index is 902. The molecule has 0 spiro atoms. The minimum absolute atomic E-state index is 0.0381. The fourth-order valence-electron chi connectivity index (χ4n) is 2.05. The van der Waals surface area contributed by atoms with E-state index in [1.54, 1.807) is 6.07 Å². The Hall–Kier alpha value is -3.37. The normalized spacial score (nSPS) is 10.7. The molecule has 2 rings (SSSR count). The van der Waals surface area contributed by atoms with Crippen LogP contribution in [0.1, 0.15) is 11.1 Å². The van der Waals surface area contributed by atoms with Gasteiger partial charge in [-0.25, -0.2) is 0 Å². The van der Waals surface area contributed by atoms with Crippen LogP contribution in [0.2, 0.25) is 5.02 Å². The molecule has 2 aromatic rings. The van der Waals surface area contributed by atoms with Gasteiger partial charge >= 0.3 is 0 Å². The third-order valence-electron chi connectivity index (χ3n) is 3.44. The summed E-state index contributed by atoms with van der Waals surface area (Å²) in [5.41, 5.74) is 1.82. The molecule has 0 aromatic heterocycles. The first-order valence-corrected chi connectivity index (χ1v) is 7.93. The summed E-state index contributed by atoms with van der Waals surface area (Å²) in [6.45, 7) is 2.43. The van der Waals surface area contributed by atoms with Gasteiger partial charge in [-0.15, -0.1) is 0 Å². The van der Waals surface area contributed by atoms with Crippen LogP contribution in [0.15, 0.2) is 54.2 Å². The summed E-state index contributed by atoms with van der Waals surface area (Å²) >= 11 is 5.73. The number of anilines is 1. The number of nitrogens with one attached hydrogen (secondary N) is 2. The number of halogens is 1. The van der Waals surface area contributed by atoms with Crippen molar-refractivity contribution < 1.29 is 9.72 Å². The number of nitro benzene ring substituents is 1. The topological polar surface area (TPSA) is 108 Å². The van der Waals surface area contributed by atoms with Crippen molar-refractivity contribution in [3.05, 3.63) is 80.5 Å². The summed E-state index contributed by atoms with van der Waals surface area (Å²) in [7, 11) is 0. The van der Waals surface area contributed by atoms with Gasteiger partial charge in [0.05, 0.1) is 4.92 Å². The summed E-state index contributed by atoms with van der Waals surface area (Å²) in [4.78, 5) is 22.4. The maximum Gasteiger partial charge on any atom is 0.289 e. The SMILES string of the molecule is Cc1ccc(CN/C=C(/C#N)C(=O)Nc2ccc(Cl)c([N+](=O)[O-])c2)cc1. The van der Waals surface area contributed by atoms with E-state index in [4.69, 9.17) is 16.9 Å². The molecular formula is C18H15ClN4O3. The van der Waals surface area contributed by atoms with Crippen molar-refractivity contribution >= 4 is 28.9 Å². The Labute approximate surface area is 155 Å². The van der Waals surface area contributed by atoms with E-state index in [9.17, 15) is 14.9 Å². The number of hydrogen-bond donors (Lipinski definition) is 2. The molecule has 2 aromatic carbocycles. The highest BCUT2D eigenvalue weighted by molar-refractivity contribution is 6.32. The highest BCUT2D eigenvalue weighted by atomic mass is 35.5. The van der Waals surface area contributed by atoms with Crippen molar-refractivity contribution in [3.63, 3.8) is 0 Å². The number of nitrogens with zero attached hydrogens (tertiary/aromatic N) is 2. The van der Waals surface area contributed by atoms with Crippen LogP contribution in [-0.2, 0) is 11.3 Å². The van der Waals surface area contributed by atoms with E-state index in [0.29, 0.717) is 6.54 Å². The van der Waals surface area contributed by atoms with Crippen LogP contribution in [0, 0.1) is 28.4 Å². The van der Waals surface area contributed by atoms with Gasteiger partial charge in [-0.1, -0.05) is 41.4 Å². The molecule has 2 N–H and O–H groups in total. The fourth-order valence-corrected chi connectivity index (χ4v) is 2.24. The van der Waals surface area contributed by atoms with E-state index in [2.05, 4.69) is 10.6 Å². The van der Waals surface area contributed by atoms with Crippen LogP contribution in [0.3, 0.4) is 0 Å². The van der Waals surface area contributed by atoms with Gasteiger partial charge in [-0.2, -0.15) is 5.26 Å². The maximum atomic E-state index is 12.2. The number of benzene rings is 2. The molecular weight excluding hydrogens is 356 g/mol. The summed E-state index contributed by atoms with van der Waals surface area (Å²) < 4.78 is 0. The van der Waals surface area contributed by atoms with Gasteiger partial charge in [0.15, 0.2) is 0 Å². The molecule has 26 heavy (non-hydrogen) atoms. The molecule has 1 amide bonds. The van der Waals surface area contributed by atoms with Gasteiger partial charge in [0.25, 0.3) is 11.6 Å². The van der Waals surface area contributed by atoms with Gasteiger partial charge in [-0.3, -0.25) is 14.9 Å². The van der Waals surface area contributed by atoms with Crippen molar-refractivity contribution in [1.82, 2.24) is 5.32 Å². The zero-order chi connectivity index (χ0) is 19.1. The molecule has 0 saturated carbocycles. The van der Waals surface area contributed by atoms with Crippen LogP contribution < -0.4 is 10.6 Å². The third-order valence-corrected chi connectivity index (χ3v) is 3.76. The van der Waals surface area contributed by atoms with Gasteiger partial charge in [0.1, 0.15) is 16.7 Å². The molecule has 0 radical (unpaired) electrons. The Morgan fingerprint density at radius 2 is 2.00 bits per heavy atom. The molecule has 0 heterocycles. The molecule has 0 aliphatic carbocycles. The fraction of sp³-hybridized carbons (Fsp3) is 0.111. The van der Waals surface area contributed by atoms with Crippen molar-refractivity contribution in [2.45, 2.75) is 13.5 Å². The van der Waals surface area contributed by atoms with Gasteiger partial charge in [0, 0.05) is 24.5 Å². The smallest absolute Gasteiger partial charge is 0.289 e. The number of carbonyl (C=O) groups excluding carboxylic acids is 1. The molecule has 0 aliphatic heterocycles. The third kappa shape index (κ3) is 5.06. The van der Waals surface area contributed by atoms with E-state index in [0.717, 1.165) is 17.2 Å². The lowest BCUT2D eigenvalue weighted by atomic mass is 10.1. The van der Waals surface area contributed by atoms with Crippen LogP contribution in [0.4, 0.5) is 11.4 Å². The number of amides is 1. The highest BCUT2D eigenvalue weighted by Gasteiger charge is 2.15. The maximum absolute atomic E-state index is 12.2. The van der Waals surface area contributed by atoms with E-state index < -0.39 is 10.8 Å². The zero-order valence-corrected chi connectivity index (χ0v) is 14.6. The largest absolute Gasteiger partial charge is 0.386 e. The molecule has 0 unspecified atom stereocenters. The first kappa shape index (κ1) is 19.0. The van der Waals surface area contributed by atoms with Crippen molar-refractivity contribution in [3.8, 4) is 6.07 Å². The summed E-state index contributed by atoms with van der Waals surface area (Å²) in [5, 5.41) is 25.3. The van der Waals surface area contributed by atoms with Crippen molar-refractivity contribution in [2.75, 3.05) is 5.32 Å². The Balaban J connectivity index is 2.04. The second kappa shape index (κ2) is 8.65. The van der Waals surface area contributed by atoms with Crippen molar-refractivity contribution in [2.24, 2.45) is 0 Å². The Morgan fingerprint density at radius 3 is 2.62 bits per heavy atom. The summed E-state index contributed by atoms with van der Waals surface area (Å²) in [5.74, 6) is -0.680. The lowest BCUT2D eigenvalue weighted by molar-refractivity contribution is -0.384. The predicted molar refractivity (Wildman–Crippen MR) is 98.5 cm³/mol. The first-order valence-electron chi connectivity index (χ1n) is 7.55. The molecule has 132 valence electrons. The summed E-state index contributed by atoms with van der Waals surface area (Å²) in [6.07, 6.45) is 1.31. The van der Waals surface area contributed by atoms with Crippen LogP contribution >= 0.6 is 11.6 Å². The van der Waals surface area contributed by atoms with E-state index in [1.165, 1.54) is 18.3 Å². The second-order valence-electron chi connectivity index (χ2n) is 5.41. The minimum Gasteiger partial charge on any atom is -0.386 e. The number of rotatable bonds is 6. The summed E-state index contributed by atoms with van der Waals surface area (Å²) in [6, 6.07) is 13.5. The van der Waals surface area contributed by atoms with Gasteiger partial charge in [0.2, 0.25) is 0 Å². The monoisotopic (exact) mass is 370 g/mol. The van der Waals surface area contributed by atoms with E-state index in [-0.39, 0.29) is 22.0 Å². The molecule has 0 bridgehead atoms. The predicted octanol–water partition coefficient (Wildman–Crippen LogP) is 3.69. The van der Waals surface area contributed by atoms with Gasteiger partial charge < -0.3 is 10.6 Å². The highest BCUT2D eigenvalue weighted by Crippen LogP contribution is 2.27. The minimum atomic E-state index is -0.680. The Morgan fingerprint density at radius 1 is 1.31 bits per heavy atom. The first-order chi connectivity index (χ1) is 12.4. The molecule has 0 atom stereocenters. The zero-order valence-electron chi connectivity index (χ0n) is 13.8. The average Bonchev–Trinajstić information content (AvgIpc) is 2.61. The average molecular weight is 371 g/mol. The van der Waals surface area contributed by atoms with Crippen molar-refractivity contribution in [1.29, 1.82) is 5.26 Å². The lowest BCUT2D eigenvalue weighted by Gasteiger charge is -2.06. The number of nitriles is 1. The number of nitro groups is 1. The standard InChI is InChI=1S/C18H15ClN4O3/c1-12-2-4-13(5-3-12)10-21-11-14(9-20)18(24)22-15-6-7-16(19)17(8-15)23(25)26/h2-8,11,21H,10H2,1H3,(H,22,24)/b14-11-. The van der Waals surface area contributed by atoms with Crippen LogP contribution in [0.25, 0.3) is 0 Å².